The molecule has 0 saturated heterocycles. The third-order valence-corrected chi connectivity index (χ3v) is 4.88. The predicted octanol–water partition coefficient (Wildman–Crippen LogP) is 4.67. The van der Waals surface area contributed by atoms with E-state index in [2.05, 4.69) is 13.0 Å². The van der Waals surface area contributed by atoms with Crippen LogP contribution < -0.4 is 0 Å². The maximum atomic E-state index is 10.2. The molecule has 0 saturated carbocycles. The van der Waals surface area contributed by atoms with Gasteiger partial charge in [-0.3, -0.25) is 0 Å². The number of hydrogen-bond acceptors (Lipinski definition) is 2. The summed E-state index contributed by atoms with van der Waals surface area (Å²) in [6.07, 6.45) is 19.4. The quantitative estimate of drug-likeness (QED) is 0.243. The topological polar surface area (TPSA) is 40.5 Å². The molecule has 0 aliphatic rings. The van der Waals surface area contributed by atoms with Crippen molar-refractivity contribution in [1.29, 1.82) is 0 Å². The molecule has 2 N–H and O–H groups in total. The second-order valence-electron chi connectivity index (χ2n) is 8.11. The lowest BCUT2D eigenvalue weighted by atomic mass is 10.0. The summed E-state index contributed by atoms with van der Waals surface area (Å²) in [6.45, 7) is 2.28. The molecule has 0 spiro atoms. The van der Waals surface area contributed by atoms with Crippen LogP contribution in [0.2, 0.25) is 0 Å². The Bertz CT molecular complexity index is 297. The lowest BCUT2D eigenvalue weighted by Crippen LogP contribution is -2.53. The van der Waals surface area contributed by atoms with E-state index in [9.17, 15) is 10.2 Å². The van der Waals surface area contributed by atoms with E-state index in [1.165, 1.54) is 70.6 Å². The highest BCUT2D eigenvalue weighted by Crippen LogP contribution is 2.13. The van der Waals surface area contributed by atoms with Crippen molar-refractivity contribution in [2.45, 2.75) is 96.1 Å². The fraction of sp³-hybridized carbons (Fsp3) is 0.905. The Kier molecular flexibility index (Phi) is 14.7. The molecule has 3 heteroatoms. The van der Waals surface area contributed by atoms with Crippen LogP contribution >= 0.6 is 0 Å². The molecule has 0 rings (SSSR count). The van der Waals surface area contributed by atoms with Crippen molar-refractivity contribution in [3.63, 3.8) is 0 Å². The van der Waals surface area contributed by atoms with E-state index in [4.69, 9.17) is 0 Å². The second kappa shape index (κ2) is 14.9. The van der Waals surface area contributed by atoms with Crippen molar-refractivity contribution in [2.75, 3.05) is 27.7 Å². The molecule has 0 fully saturated rings. The summed E-state index contributed by atoms with van der Waals surface area (Å²) in [5, 5.41) is 19.6. The van der Waals surface area contributed by atoms with Crippen LogP contribution in [0.4, 0.5) is 0 Å². The van der Waals surface area contributed by atoms with E-state index < -0.39 is 6.10 Å². The summed E-state index contributed by atoms with van der Waals surface area (Å²) in [5.41, 5.74) is 0. The Balaban J connectivity index is 3.52. The predicted molar refractivity (Wildman–Crippen MR) is 105 cm³/mol. The highest BCUT2D eigenvalue weighted by molar-refractivity contribution is 4.92. The first-order valence-electron chi connectivity index (χ1n) is 10.2. The molecule has 0 amide bonds. The van der Waals surface area contributed by atoms with Gasteiger partial charge in [0.1, 0.15) is 12.1 Å². The van der Waals surface area contributed by atoms with Crippen LogP contribution in [0.1, 0.15) is 84.0 Å². The molecule has 24 heavy (non-hydrogen) atoms. The molecule has 3 nitrogen and oxygen atoms in total. The lowest BCUT2D eigenvalue weighted by Gasteiger charge is -2.34. The van der Waals surface area contributed by atoms with Gasteiger partial charge in [-0.2, -0.15) is 0 Å². The summed E-state index contributed by atoms with van der Waals surface area (Å²) >= 11 is 0. The number of aliphatic hydroxyl groups is 2. The Morgan fingerprint density at radius 3 is 1.67 bits per heavy atom. The number of quaternary nitrogens is 1. The molecule has 0 radical (unpaired) electrons. The first-order valence-corrected chi connectivity index (χ1v) is 10.2. The first-order chi connectivity index (χ1) is 11.4. The van der Waals surface area contributed by atoms with Crippen LogP contribution in [0.3, 0.4) is 0 Å². The minimum absolute atomic E-state index is 0.00739. The molecule has 0 heterocycles. The third kappa shape index (κ3) is 13.0. The smallest absolute Gasteiger partial charge is 0.142 e. The molecule has 2 atom stereocenters. The van der Waals surface area contributed by atoms with Crippen molar-refractivity contribution in [3.05, 3.63) is 12.2 Å². The van der Waals surface area contributed by atoms with Crippen molar-refractivity contribution in [2.24, 2.45) is 0 Å². The van der Waals surface area contributed by atoms with E-state index in [-0.39, 0.29) is 12.6 Å². The van der Waals surface area contributed by atoms with Gasteiger partial charge < -0.3 is 14.7 Å². The zero-order valence-electron chi connectivity index (χ0n) is 16.8. The number of aliphatic hydroxyl groups excluding tert-OH is 2. The molecule has 144 valence electrons. The molecule has 0 aliphatic heterocycles. The van der Waals surface area contributed by atoms with Crippen LogP contribution in [0, 0.1) is 0 Å². The number of hydrogen-bond donors (Lipinski definition) is 2. The molecule has 0 unspecified atom stereocenters. The Hall–Kier alpha value is -0.380. The summed E-state index contributed by atoms with van der Waals surface area (Å²) in [7, 11) is 6.01. The molecule has 0 aromatic rings. The van der Waals surface area contributed by atoms with Gasteiger partial charge in [0.2, 0.25) is 0 Å². The van der Waals surface area contributed by atoms with Gasteiger partial charge in [-0.15, -0.1) is 0 Å². The van der Waals surface area contributed by atoms with Crippen LogP contribution in [-0.4, -0.2) is 54.6 Å². The Morgan fingerprint density at radius 2 is 1.25 bits per heavy atom. The van der Waals surface area contributed by atoms with E-state index in [0.29, 0.717) is 4.48 Å². The van der Waals surface area contributed by atoms with Crippen LogP contribution in [0.5, 0.6) is 0 Å². The van der Waals surface area contributed by atoms with Crippen molar-refractivity contribution < 1.29 is 14.7 Å². The summed E-state index contributed by atoms with van der Waals surface area (Å²) < 4.78 is 0.570. The average molecular weight is 343 g/mol. The summed E-state index contributed by atoms with van der Waals surface area (Å²) in [5.74, 6) is 0. The molecule has 0 aromatic heterocycles. The lowest BCUT2D eigenvalue weighted by molar-refractivity contribution is -0.899. The van der Waals surface area contributed by atoms with E-state index in [1.54, 1.807) is 0 Å². The van der Waals surface area contributed by atoms with Gasteiger partial charge in [0.25, 0.3) is 0 Å². The molecular formula is C21H44NO2+. The molecule has 0 aromatic carbocycles. The fourth-order valence-corrected chi connectivity index (χ4v) is 3.10. The first kappa shape index (κ1) is 23.6. The van der Waals surface area contributed by atoms with Crippen LogP contribution in [-0.2, 0) is 0 Å². The SMILES string of the molecule is CCCCCCCCCCCCC/C=C/[C@@H](O)[C@H](CO)[N+](C)(C)C. The van der Waals surface area contributed by atoms with E-state index >= 15 is 0 Å². The number of unbranched alkanes of at least 4 members (excludes halogenated alkanes) is 11. The fourth-order valence-electron chi connectivity index (χ4n) is 3.10. The largest absolute Gasteiger partial charge is 0.390 e. The van der Waals surface area contributed by atoms with Crippen molar-refractivity contribution >= 4 is 0 Å². The zero-order chi connectivity index (χ0) is 18.3. The van der Waals surface area contributed by atoms with Gasteiger partial charge >= 0.3 is 0 Å². The van der Waals surface area contributed by atoms with Crippen LogP contribution in [0.25, 0.3) is 0 Å². The van der Waals surface area contributed by atoms with Gasteiger partial charge in [-0.1, -0.05) is 83.3 Å². The standard InChI is InChI=1S/C21H44NO2/c1-5-6-7-8-9-10-11-12-13-14-15-16-17-18-21(24)20(19-23)22(2,3)4/h17-18,20-21,23-24H,5-16,19H2,1-4H3/q+1/b18-17+/t20-,21+/m0/s1. The van der Waals surface area contributed by atoms with E-state index in [1.807, 2.05) is 27.2 Å². The number of nitrogens with zero attached hydrogens (tertiary/aromatic N) is 1. The maximum Gasteiger partial charge on any atom is 0.142 e. The summed E-state index contributed by atoms with van der Waals surface area (Å²) in [6, 6.07) is -0.154. The monoisotopic (exact) mass is 342 g/mol. The maximum absolute atomic E-state index is 10.2. The van der Waals surface area contributed by atoms with Gasteiger partial charge in [-0.25, -0.2) is 0 Å². The Morgan fingerprint density at radius 1 is 0.792 bits per heavy atom. The van der Waals surface area contributed by atoms with Gasteiger partial charge in [0.05, 0.1) is 27.7 Å². The zero-order valence-corrected chi connectivity index (χ0v) is 16.8. The molecule has 0 bridgehead atoms. The van der Waals surface area contributed by atoms with Gasteiger partial charge in [-0.05, 0) is 12.8 Å². The molecule has 0 aliphatic carbocycles. The Labute approximate surface area is 151 Å². The minimum atomic E-state index is -0.567. The summed E-state index contributed by atoms with van der Waals surface area (Å²) in [4.78, 5) is 0. The number of rotatable bonds is 16. The number of allylic oxidation sites excluding steroid dienone is 1. The molecular weight excluding hydrogens is 298 g/mol. The van der Waals surface area contributed by atoms with Crippen LogP contribution in [0.15, 0.2) is 12.2 Å². The third-order valence-electron chi connectivity index (χ3n) is 4.88. The van der Waals surface area contributed by atoms with Gasteiger partial charge in [0, 0.05) is 0 Å². The highest BCUT2D eigenvalue weighted by atomic mass is 16.3. The normalized spacial score (nSPS) is 15.1. The highest BCUT2D eigenvalue weighted by Gasteiger charge is 2.28. The van der Waals surface area contributed by atoms with Crippen molar-refractivity contribution in [3.8, 4) is 0 Å². The number of likely N-dealkylation sites (N-methyl/N-ethyl adjacent to an activating group) is 1. The minimum Gasteiger partial charge on any atom is -0.390 e. The van der Waals surface area contributed by atoms with Crippen molar-refractivity contribution in [1.82, 2.24) is 0 Å². The van der Waals surface area contributed by atoms with Gasteiger partial charge in [0.15, 0.2) is 0 Å². The van der Waals surface area contributed by atoms with E-state index in [0.717, 1.165) is 6.42 Å². The average Bonchev–Trinajstić information content (AvgIpc) is 2.51. The second-order valence-corrected chi connectivity index (χ2v) is 8.11.